The first-order chi connectivity index (χ1) is 10.7. The molecule has 5 nitrogen and oxygen atoms in total. The van der Waals surface area contributed by atoms with Crippen molar-refractivity contribution in [1.29, 1.82) is 0 Å². The number of carbonyl (C=O) groups excluding carboxylic acids is 1. The number of nitrogens with two attached hydrogens (primary N) is 1. The molecule has 1 amide bonds. The smallest absolute Gasteiger partial charge is 0.222 e. The quantitative estimate of drug-likeness (QED) is 0.844. The van der Waals surface area contributed by atoms with Crippen molar-refractivity contribution in [3.8, 4) is 0 Å². The Labute approximate surface area is 134 Å². The Balaban J connectivity index is 1.38. The Kier molecular flexibility index (Phi) is 5.71. The second-order valence-corrected chi connectivity index (χ2v) is 7.30. The number of morpholine rings is 1. The van der Waals surface area contributed by atoms with Crippen molar-refractivity contribution in [3.05, 3.63) is 0 Å². The molecule has 0 unspecified atom stereocenters. The average molecular weight is 309 g/mol. The Hall–Kier alpha value is -0.650. The third-order valence-corrected chi connectivity index (χ3v) is 5.74. The second-order valence-electron chi connectivity index (χ2n) is 7.30. The molecule has 5 heteroatoms. The van der Waals surface area contributed by atoms with Gasteiger partial charge in [0.2, 0.25) is 5.91 Å². The van der Waals surface area contributed by atoms with E-state index < -0.39 is 0 Å². The molecule has 2 heterocycles. The molecule has 3 rings (SSSR count). The van der Waals surface area contributed by atoms with Crippen LogP contribution >= 0.6 is 0 Å². The van der Waals surface area contributed by atoms with Gasteiger partial charge in [0.25, 0.3) is 0 Å². The number of nitrogens with zero attached hydrogens (tertiary/aromatic N) is 2. The Morgan fingerprint density at radius 2 is 1.77 bits per heavy atom. The number of hydrogen-bond acceptors (Lipinski definition) is 4. The molecule has 1 saturated carbocycles. The van der Waals surface area contributed by atoms with Gasteiger partial charge in [-0.3, -0.25) is 9.69 Å². The van der Waals surface area contributed by atoms with Gasteiger partial charge < -0.3 is 15.4 Å². The first-order valence-electron chi connectivity index (χ1n) is 9.06. The van der Waals surface area contributed by atoms with Crippen LogP contribution in [0.15, 0.2) is 0 Å². The minimum Gasteiger partial charge on any atom is -0.379 e. The fourth-order valence-corrected chi connectivity index (χ4v) is 4.19. The van der Waals surface area contributed by atoms with E-state index >= 15 is 0 Å². The fourth-order valence-electron chi connectivity index (χ4n) is 4.19. The van der Waals surface area contributed by atoms with Gasteiger partial charge in [-0.1, -0.05) is 6.42 Å². The van der Waals surface area contributed by atoms with E-state index in [2.05, 4.69) is 9.80 Å². The summed E-state index contributed by atoms with van der Waals surface area (Å²) in [6.45, 7) is 6.94. The van der Waals surface area contributed by atoms with Crippen LogP contribution in [0.25, 0.3) is 0 Å². The van der Waals surface area contributed by atoms with Crippen molar-refractivity contribution in [2.24, 2.45) is 17.6 Å². The zero-order chi connectivity index (χ0) is 15.4. The second kappa shape index (κ2) is 7.75. The third kappa shape index (κ3) is 4.21. The van der Waals surface area contributed by atoms with E-state index in [1.54, 1.807) is 0 Å². The average Bonchev–Trinajstić information content (AvgIpc) is 2.94. The summed E-state index contributed by atoms with van der Waals surface area (Å²) in [7, 11) is 0. The molecule has 1 aliphatic carbocycles. The van der Waals surface area contributed by atoms with Crippen LogP contribution in [0.5, 0.6) is 0 Å². The molecule has 22 heavy (non-hydrogen) atoms. The molecule has 0 aromatic rings. The summed E-state index contributed by atoms with van der Waals surface area (Å²) in [4.78, 5) is 17.0. The van der Waals surface area contributed by atoms with Gasteiger partial charge in [0.05, 0.1) is 13.2 Å². The standard InChI is InChI=1S/C17H31N3O2/c18-16-3-1-2-15(16)12-17(21)20-6-4-14(5-7-20)13-19-8-10-22-11-9-19/h14-16H,1-13,18H2/t15-,16+/m0/s1. The number of hydrogen-bond donors (Lipinski definition) is 1. The van der Waals surface area contributed by atoms with Crippen LogP contribution in [0, 0.1) is 11.8 Å². The normalized spacial score (nSPS) is 31.6. The molecule has 2 N–H and O–H groups in total. The lowest BCUT2D eigenvalue weighted by atomic mass is 9.94. The van der Waals surface area contributed by atoms with Gasteiger partial charge in [0.1, 0.15) is 0 Å². The number of rotatable bonds is 4. The molecule has 0 bridgehead atoms. The van der Waals surface area contributed by atoms with Gasteiger partial charge in [-0.25, -0.2) is 0 Å². The van der Waals surface area contributed by atoms with Crippen molar-refractivity contribution >= 4 is 5.91 Å². The molecule has 126 valence electrons. The molecule has 0 spiro atoms. The molecular weight excluding hydrogens is 278 g/mol. The molecule has 0 aromatic heterocycles. The van der Waals surface area contributed by atoms with Gasteiger partial charge in [0.15, 0.2) is 0 Å². The zero-order valence-electron chi connectivity index (χ0n) is 13.7. The predicted octanol–water partition coefficient (Wildman–Crippen LogP) is 1.07. The molecule has 3 fully saturated rings. The number of ether oxygens (including phenoxy) is 1. The van der Waals surface area contributed by atoms with Crippen molar-refractivity contribution in [1.82, 2.24) is 9.80 Å². The van der Waals surface area contributed by atoms with Crippen LogP contribution in [0.2, 0.25) is 0 Å². The minimum atomic E-state index is 0.253. The van der Waals surface area contributed by atoms with Crippen LogP contribution < -0.4 is 5.73 Å². The highest BCUT2D eigenvalue weighted by molar-refractivity contribution is 5.76. The van der Waals surface area contributed by atoms with Crippen LogP contribution in [-0.4, -0.2) is 67.7 Å². The molecule has 2 saturated heterocycles. The van der Waals surface area contributed by atoms with Crippen LogP contribution in [0.1, 0.15) is 38.5 Å². The van der Waals surface area contributed by atoms with E-state index in [0.29, 0.717) is 18.2 Å². The lowest BCUT2D eigenvalue weighted by molar-refractivity contribution is -0.133. The molecule has 0 aromatic carbocycles. The van der Waals surface area contributed by atoms with Crippen molar-refractivity contribution in [2.75, 3.05) is 45.9 Å². The first-order valence-corrected chi connectivity index (χ1v) is 9.06. The Morgan fingerprint density at radius 1 is 1.05 bits per heavy atom. The summed E-state index contributed by atoms with van der Waals surface area (Å²) in [5.41, 5.74) is 6.10. The SMILES string of the molecule is N[C@@H]1CCC[C@H]1CC(=O)N1CCC(CN2CCOCC2)CC1. The van der Waals surface area contributed by atoms with E-state index in [1.165, 1.54) is 13.0 Å². The fraction of sp³-hybridized carbons (Fsp3) is 0.941. The zero-order valence-corrected chi connectivity index (χ0v) is 13.7. The van der Waals surface area contributed by atoms with Crippen molar-refractivity contribution in [2.45, 2.75) is 44.6 Å². The summed E-state index contributed by atoms with van der Waals surface area (Å²) in [5, 5.41) is 0. The van der Waals surface area contributed by atoms with Crippen molar-refractivity contribution in [3.63, 3.8) is 0 Å². The lowest BCUT2D eigenvalue weighted by Gasteiger charge is -2.36. The first kappa shape index (κ1) is 16.2. The summed E-state index contributed by atoms with van der Waals surface area (Å²) >= 11 is 0. The minimum absolute atomic E-state index is 0.253. The largest absolute Gasteiger partial charge is 0.379 e. The number of amides is 1. The maximum Gasteiger partial charge on any atom is 0.222 e. The van der Waals surface area contributed by atoms with Gasteiger partial charge >= 0.3 is 0 Å². The Bertz CT molecular complexity index is 363. The van der Waals surface area contributed by atoms with Gasteiger partial charge in [-0.15, -0.1) is 0 Å². The van der Waals surface area contributed by atoms with Crippen molar-refractivity contribution < 1.29 is 9.53 Å². The number of carbonyl (C=O) groups is 1. The summed E-state index contributed by atoms with van der Waals surface area (Å²) < 4.78 is 5.40. The Morgan fingerprint density at radius 3 is 2.41 bits per heavy atom. The monoisotopic (exact) mass is 309 g/mol. The molecule has 3 aliphatic rings. The lowest BCUT2D eigenvalue weighted by Crippen LogP contribution is -2.44. The summed E-state index contributed by atoms with van der Waals surface area (Å²) in [6.07, 6.45) is 6.41. The number of piperidine rings is 1. The maximum absolute atomic E-state index is 12.4. The van der Waals surface area contributed by atoms with Crippen LogP contribution in [0.3, 0.4) is 0 Å². The predicted molar refractivity (Wildman–Crippen MR) is 86.5 cm³/mol. The molecular formula is C17H31N3O2. The topological polar surface area (TPSA) is 58.8 Å². The van der Waals surface area contributed by atoms with Gasteiger partial charge in [-0.05, 0) is 37.5 Å². The van der Waals surface area contributed by atoms with Gasteiger partial charge in [-0.2, -0.15) is 0 Å². The highest BCUT2D eigenvalue weighted by Crippen LogP contribution is 2.28. The highest BCUT2D eigenvalue weighted by Gasteiger charge is 2.30. The summed E-state index contributed by atoms with van der Waals surface area (Å²) in [6, 6.07) is 0.253. The summed E-state index contributed by atoms with van der Waals surface area (Å²) in [5.74, 6) is 1.52. The van der Waals surface area contributed by atoms with Crippen LogP contribution in [0.4, 0.5) is 0 Å². The molecule has 2 atom stereocenters. The van der Waals surface area contributed by atoms with E-state index in [4.69, 9.17) is 10.5 Å². The number of likely N-dealkylation sites (tertiary alicyclic amines) is 1. The molecule has 0 radical (unpaired) electrons. The third-order valence-electron chi connectivity index (χ3n) is 5.74. The van der Waals surface area contributed by atoms with E-state index in [-0.39, 0.29) is 6.04 Å². The van der Waals surface area contributed by atoms with E-state index in [1.807, 2.05) is 0 Å². The highest BCUT2D eigenvalue weighted by atomic mass is 16.5. The van der Waals surface area contributed by atoms with Crippen LogP contribution in [-0.2, 0) is 9.53 Å². The van der Waals surface area contributed by atoms with E-state index in [0.717, 1.165) is 71.0 Å². The van der Waals surface area contributed by atoms with E-state index in [9.17, 15) is 4.79 Å². The maximum atomic E-state index is 12.4. The molecule has 2 aliphatic heterocycles. The van der Waals surface area contributed by atoms with Gasteiger partial charge in [0, 0.05) is 45.2 Å².